The molecule has 1 aromatic heterocycles. The topological polar surface area (TPSA) is 89.8 Å². The minimum absolute atomic E-state index is 0.0846. The highest BCUT2D eigenvalue weighted by Gasteiger charge is 2.22. The van der Waals surface area contributed by atoms with Crippen molar-refractivity contribution in [2.45, 2.75) is 6.29 Å². The van der Waals surface area contributed by atoms with Crippen molar-refractivity contribution in [1.82, 2.24) is 4.98 Å². The Balaban J connectivity index is 1.85. The van der Waals surface area contributed by atoms with Gasteiger partial charge in [-0.3, -0.25) is 10.1 Å². The lowest BCUT2D eigenvalue weighted by Gasteiger charge is -2.21. The molecule has 3 rings (SSSR count). The molecule has 2 heterocycles. The van der Waals surface area contributed by atoms with Gasteiger partial charge >= 0.3 is 5.69 Å². The van der Waals surface area contributed by atoms with Crippen LogP contribution in [-0.4, -0.2) is 43.0 Å². The quantitative estimate of drug-likeness (QED) is 0.621. The molecule has 0 amide bonds. The van der Waals surface area contributed by atoms with Crippen LogP contribution >= 0.6 is 0 Å². The normalized spacial score (nSPS) is 14.4. The zero-order chi connectivity index (χ0) is 18.7. The Kier molecular flexibility index (Phi) is 5.24. The first kappa shape index (κ1) is 18.0. The number of benzene rings is 1. The molecule has 26 heavy (non-hydrogen) atoms. The van der Waals surface area contributed by atoms with Gasteiger partial charge in [-0.05, 0) is 18.2 Å². The van der Waals surface area contributed by atoms with Crippen molar-refractivity contribution >= 4 is 23.0 Å². The molecule has 10 heteroatoms. The summed E-state index contributed by atoms with van der Waals surface area (Å²) in [5.74, 6) is -1.73. The van der Waals surface area contributed by atoms with Gasteiger partial charge in [0, 0.05) is 24.9 Å². The predicted molar refractivity (Wildman–Crippen MR) is 89.5 cm³/mol. The second-order valence-corrected chi connectivity index (χ2v) is 5.60. The third-order valence-corrected chi connectivity index (χ3v) is 3.74. The molecule has 0 saturated carbocycles. The molecule has 138 valence electrons. The average molecular weight is 366 g/mol. The highest BCUT2D eigenvalue weighted by molar-refractivity contribution is 5.67. The third kappa shape index (κ3) is 4.03. The van der Waals surface area contributed by atoms with Gasteiger partial charge in [0.05, 0.1) is 24.7 Å². The molecule has 0 unspecified atom stereocenters. The van der Waals surface area contributed by atoms with E-state index in [0.29, 0.717) is 25.6 Å². The molecule has 1 aromatic carbocycles. The van der Waals surface area contributed by atoms with Crippen LogP contribution in [0.25, 0.3) is 0 Å². The Hall–Kier alpha value is -2.85. The number of pyridine rings is 1. The number of rotatable bonds is 6. The van der Waals surface area contributed by atoms with E-state index in [1.54, 1.807) is 11.9 Å². The van der Waals surface area contributed by atoms with Crippen LogP contribution in [0.5, 0.6) is 0 Å². The van der Waals surface area contributed by atoms with Crippen molar-refractivity contribution in [2.24, 2.45) is 0 Å². The number of anilines is 3. The number of nitrogens with zero attached hydrogens (tertiary/aromatic N) is 3. The van der Waals surface area contributed by atoms with Gasteiger partial charge in [-0.15, -0.1) is 0 Å². The molecule has 1 aliphatic rings. The van der Waals surface area contributed by atoms with Crippen molar-refractivity contribution < 1.29 is 23.2 Å². The number of nitro groups is 1. The van der Waals surface area contributed by atoms with E-state index in [9.17, 15) is 18.9 Å². The number of aromatic nitrogens is 1. The van der Waals surface area contributed by atoms with Crippen molar-refractivity contribution in [3.63, 3.8) is 0 Å². The largest absolute Gasteiger partial charge is 0.355 e. The number of likely N-dealkylation sites (N-methyl/N-ethyl adjacent to an activating group) is 1. The summed E-state index contributed by atoms with van der Waals surface area (Å²) in [7, 11) is 1.74. The number of halogens is 2. The SMILES string of the molecule is CN(CC1OCCO1)c1ccc([N+](=O)[O-])c(Nc2ccc(F)c(F)c2)n1. The van der Waals surface area contributed by atoms with E-state index >= 15 is 0 Å². The maximum absolute atomic E-state index is 13.4. The molecule has 1 saturated heterocycles. The van der Waals surface area contributed by atoms with Gasteiger partial charge in [0.25, 0.3) is 0 Å². The van der Waals surface area contributed by atoms with Gasteiger partial charge in [0.15, 0.2) is 17.9 Å². The molecule has 1 fully saturated rings. The van der Waals surface area contributed by atoms with E-state index in [2.05, 4.69) is 10.3 Å². The van der Waals surface area contributed by atoms with Gasteiger partial charge in [-0.2, -0.15) is 0 Å². The number of ether oxygens (including phenoxy) is 2. The number of hydrogen-bond acceptors (Lipinski definition) is 7. The molecule has 0 radical (unpaired) electrons. The van der Waals surface area contributed by atoms with Gasteiger partial charge < -0.3 is 19.7 Å². The van der Waals surface area contributed by atoms with Gasteiger partial charge in [0.1, 0.15) is 5.82 Å². The Morgan fingerprint density at radius 1 is 1.27 bits per heavy atom. The summed E-state index contributed by atoms with van der Waals surface area (Å²) in [6, 6.07) is 5.87. The van der Waals surface area contributed by atoms with Gasteiger partial charge in [0.2, 0.25) is 5.82 Å². The molecule has 2 aromatic rings. The molecule has 0 spiro atoms. The van der Waals surface area contributed by atoms with Crippen molar-refractivity contribution in [3.8, 4) is 0 Å². The zero-order valence-electron chi connectivity index (χ0n) is 13.8. The molecule has 0 aliphatic carbocycles. The van der Waals surface area contributed by atoms with Gasteiger partial charge in [-0.1, -0.05) is 0 Å². The van der Waals surface area contributed by atoms with E-state index < -0.39 is 22.8 Å². The summed E-state index contributed by atoms with van der Waals surface area (Å²) in [6.45, 7) is 1.40. The number of hydrogen-bond donors (Lipinski definition) is 1. The first-order valence-electron chi connectivity index (χ1n) is 7.76. The van der Waals surface area contributed by atoms with Crippen molar-refractivity contribution in [2.75, 3.05) is 37.0 Å². The third-order valence-electron chi connectivity index (χ3n) is 3.74. The molecule has 1 aliphatic heterocycles. The maximum atomic E-state index is 13.4. The lowest BCUT2D eigenvalue weighted by molar-refractivity contribution is -0.384. The number of nitrogens with one attached hydrogen (secondary N) is 1. The van der Waals surface area contributed by atoms with Crippen LogP contribution in [0.3, 0.4) is 0 Å². The molecular formula is C16H16F2N4O4. The Labute approximate surface area is 147 Å². The highest BCUT2D eigenvalue weighted by atomic mass is 19.2. The van der Waals surface area contributed by atoms with Gasteiger partial charge in [-0.25, -0.2) is 13.8 Å². The smallest absolute Gasteiger partial charge is 0.311 e. The van der Waals surface area contributed by atoms with Crippen LogP contribution in [0.1, 0.15) is 0 Å². The van der Waals surface area contributed by atoms with Crippen LogP contribution < -0.4 is 10.2 Å². The van der Waals surface area contributed by atoms with E-state index in [-0.39, 0.29) is 17.2 Å². The molecule has 8 nitrogen and oxygen atoms in total. The minimum atomic E-state index is -1.07. The van der Waals surface area contributed by atoms with E-state index in [4.69, 9.17) is 9.47 Å². The maximum Gasteiger partial charge on any atom is 0.311 e. The molecule has 0 atom stereocenters. The molecular weight excluding hydrogens is 350 g/mol. The van der Waals surface area contributed by atoms with E-state index in [1.165, 1.54) is 18.2 Å². The standard InChI is InChI=1S/C16H16F2N4O4/c1-21(9-15-25-6-7-26-15)14-5-4-13(22(23)24)16(20-14)19-10-2-3-11(17)12(18)8-10/h2-5,8,15H,6-7,9H2,1H3,(H,19,20). The molecule has 1 N–H and O–H groups in total. The van der Waals surface area contributed by atoms with E-state index in [0.717, 1.165) is 12.1 Å². The van der Waals surface area contributed by atoms with E-state index in [1.807, 2.05) is 0 Å². The summed E-state index contributed by atoms with van der Waals surface area (Å²) >= 11 is 0. The fraction of sp³-hybridized carbons (Fsp3) is 0.312. The van der Waals surface area contributed by atoms with Crippen molar-refractivity contribution in [1.29, 1.82) is 0 Å². The van der Waals surface area contributed by atoms with Crippen LogP contribution in [0, 0.1) is 21.7 Å². The first-order chi connectivity index (χ1) is 12.4. The van der Waals surface area contributed by atoms with Crippen LogP contribution in [0.2, 0.25) is 0 Å². The Morgan fingerprint density at radius 3 is 2.65 bits per heavy atom. The lowest BCUT2D eigenvalue weighted by atomic mass is 10.3. The van der Waals surface area contributed by atoms with Crippen LogP contribution in [0.4, 0.5) is 31.8 Å². The van der Waals surface area contributed by atoms with Crippen molar-refractivity contribution in [3.05, 3.63) is 52.1 Å². The predicted octanol–water partition coefficient (Wildman–Crippen LogP) is 2.82. The fourth-order valence-corrected chi connectivity index (χ4v) is 2.43. The Bertz CT molecular complexity index is 815. The summed E-state index contributed by atoms with van der Waals surface area (Å²) in [4.78, 5) is 16.6. The summed E-state index contributed by atoms with van der Waals surface area (Å²) in [6.07, 6.45) is -0.403. The minimum Gasteiger partial charge on any atom is -0.355 e. The average Bonchev–Trinajstić information content (AvgIpc) is 3.11. The van der Waals surface area contributed by atoms with Crippen LogP contribution in [0.15, 0.2) is 30.3 Å². The summed E-state index contributed by atoms with van der Waals surface area (Å²) in [5, 5.41) is 13.9. The second-order valence-electron chi connectivity index (χ2n) is 5.60. The summed E-state index contributed by atoms with van der Waals surface area (Å²) in [5.41, 5.74) is -0.151. The monoisotopic (exact) mass is 366 g/mol. The highest BCUT2D eigenvalue weighted by Crippen LogP contribution is 2.29. The lowest BCUT2D eigenvalue weighted by Crippen LogP contribution is -2.30. The second kappa shape index (κ2) is 7.58. The first-order valence-corrected chi connectivity index (χ1v) is 7.76. The van der Waals surface area contributed by atoms with Crippen LogP contribution in [-0.2, 0) is 9.47 Å². The molecule has 0 bridgehead atoms. The fourth-order valence-electron chi connectivity index (χ4n) is 2.43. The zero-order valence-corrected chi connectivity index (χ0v) is 13.8. The Morgan fingerprint density at radius 2 is 2.00 bits per heavy atom. The summed E-state index contributed by atoms with van der Waals surface area (Å²) < 4.78 is 37.2.